The monoisotopic (exact) mass is 386 g/mol. The van der Waals surface area contributed by atoms with Gasteiger partial charge in [0.25, 0.3) is 17.0 Å². The summed E-state index contributed by atoms with van der Waals surface area (Å²) < 4.78 is 9.01. The number of hydrogen-bond donors (Lipinski definition) is 1. The highest BCUT2D eigenvalue weighted by molar-refractivity contribution is 6.05. The van der Waals surface area contributed by atoms with E-state index >= 15 is 0 Å². The largest absolute Gasteiger partial charge is 0.465 e. The average molecular weight is 386 g/mol. The molecule has 9 heteroatoms. The molecule has 0 atom stereocenters. The van der Waals surface area contributed by atoms with Crippen LogP contribution >= 0.6 is 0 Å². The summed E-state index contributed by atoms with van der Waals surface area (Å²) >= 11 is 0. The van der Waals surface area contributed by atoms with E-state index < -0.39 is 22.7 Å². The molecular weight excluding hydrogens is 364 g/mol. The Morgan fingerprint density at radius 1 is 1.11 bits per heavy atom. The number of nitrogens with zero attached hydrogens (tertiary/aromatic N) is 3. The molecule has 1 amide bonds. The zero-order valence-corrected chi connectivity index (χ0v) is 16.2. The van der Waals surface area contributed by atoms with E-state index in [2.05, 4.69) is 5.32 Å². The van der Waals surface area contributed by atoms with E-state index in [1.807, 2.05) is 0 Å². The third-order valence-electron chi connectivity index (χ3n) is 4.67. The van der Waals surface area contributed by atoms with Gasteiger partial charge in [-0.15, -0.1) is 0 Å². The Hall–Kier alpha value is -3.36. The lowest BCUT2D eigenvalue weighted by molar-refractivity contribution is 0.0949. The van der Waals surface area contributed by atoms with E-state index in [4.69, 9.17) is 4.42 Å². The first-order chi connectivity index (χ1) is 13.3. The highest BCUT2D eigenvalue weighted by Gasteiger charge is 2.22. The van der Waals surface area contributed by atoms with Gasteiger partial charge in [-0.2, -0.15) is 0 Å². The minimum Gasteiger partial charge on any atom is -0.465 e. The Kier molecular flexibility index (Phi) is 5.08. The van der Waals surface area contributed by atoms with Crippen molar-refractivity contribution in [2.24, 2.45) is 7.05 Å². The first kappa shape index (κ1) is 19.4. The van der Waals surface area contributed by atoms with Crippen molar-refractivity contribution in [2.75, 3.05) is 0 Å². The molecule has 1 N–H and O–H groups in total. The molecule has 0 aliphatic heterocycles. The quantitative estimate of drug-likeness (QED) is 0.696. The number of nitrogens with one attached hydrogen (secondary N) is 1. The number of pyridine rings is 1. The Morgan fingerprint density at radius 3 is 2.36 bits per heavy atom. The summed E-state index contributed by atoms with van der Waals surface area (Å²) in [5.41, 5.74) is -1.52. The van der Waals surface area contributed by atoms with Gasteiger partial charge in [0.05, 0.1) is 17.5 Å². The second-order valence-corrected chi connectivity index (χ2v) is 6.43. The summed E-state index contributed by atoms with van der Waals surface area (Å²) in [5.74, 6) is 0.675. The summed E-state index contributed by atoms with van der Waals surface area (Å²) in [6, 6.07) is 4.64. The Labute approximate surface area is 159 Å². The number of rotatable bonds is 5. The molecule has 3 aromatic heterocycles. The number of carbonyl (C=O) groups excluding carboxylic acids is 1. The number of hydrogen-bond acceptors (Lipinski definition) is 5. The molecule has 0 saturated heterocycles. The highest BCUT2D eigenvalue weighted by atomic mass is 16.3. The predicted octanol–water partition coefficient (Wildman–Crippen LogP) is 0.733. The van der Waals surface area contributed by atoms with Gasteiger partial charge in [0.15, 0.2) is 0 Å². The fourth-order valence-electron chi connectivity index (χ4n) is 3.29. The topological polar surface area (TPSA) is 108 Å². The summed E-state index contributed by atoms with van der Waals surface area (Å²) in [4.78, 5) is 50.8. The van der Waals surface area contributed by atoms with Crippen LogP contribution in [0.4, 0.5) is 0 Å². The summed E-state index contributed by atoms with van der Waals surface area (Å²) in [5, 5.41) is 2.71. The molecule has 0 aromatic carbocycles. The number of aryl methyl sites for hydroxylation is 3. The molecule has 0 radical (unpaired) electrons. The van der Waals surface area contributed by atoms with E-state index in [0.717, 1.165) is 10.6 Å². The third-order valence-corrected chi connectivity index (χ3v) is 4.67. The molecule has 28 heavy (non-hydrogen) atoms. The lowest BCUT2D eigenvalue weighted by atomic mass is 10.1. The molecule has 3 aromatic rings. The van der Waals surface area contributed by atoms with Crippen molar-refractivity contribution in [1.82, 2.24) is 19.0 Å². The summed E-state index contributed by atoms with van der Waals surface area (Å²) in [6.07, 6.45) is 0. The maximum absolute atomic E-state index is 13.0. The van der Waals surface area contributed by atoms with Crippen LogP contribution in [0.2, 0.25) is 0 Å². The highest BCUT2D eigenvalue weighted by Crippen LogP contribution is 2.13. The average Bonchev–Trinajstić information content (AvgIpc) is 3.09. The van der Waals surface area contributed by atoms with Gasteiger partial charge in [0.1, 0.15) is 17.2 Å². The number of aromatic nitrogens is 3. The van der Waals surface area contributed by atoms with Crippen molar-refractivity contribution >= 4 is 16.9 Å². The van der Waals surface area contributed by atoms with E-state index in [9.17, 15) is 19.2 Å². The molecule has 0 spiro atoms. The van der Waals surface area contributed by atoms with Crippen LogP contribution in [-0.4, -0.2) is 19.6 Å². The van der Waals surface area contributed by atoms with Crippen LogP contribution in [0, 0.1) is 6.92 Å². The van der Waals surface area contributed by atoms with Gasteiger partial charge in [-0.3, -0.25) is 28.1 Å². The van der Waals surface area contributed by atoms with Crippen LogP contribution in [0.1, 0.15) is 35.7 Å². The van der Waals surface area contributed by atoms with Crippen molar-refractivity contribution in [1.29, 1.82) is 0 Å². The van der Waals surface area contributed by atoms with Crippen LogP contribution in [-0.2, 0) is 26.7 Å². The Balaban J connectivity index is 2.23. The van der Waals surface area contributed by atoms with Crippen LogP contribution in [0.25, 0.3) is 11.0 Å². The Morgan fingerprint density at radius 2 is 1.79 bits per heavy atom. The van der Waals surface area contributed by atoms with E-state index in [-0.39, 0.29) is 36.2 Å². The number of carbonyl (C=O) groups is 1. The summed E-state index contributed by atoms with van der Waals surface area (Å²) in [6.45, 7) is 5.71. The van der Waals surface area contributed by atoms with Gasteiger partial charge in [-0.1, -0.05) is 0 Å². The van der Waals surface area contributed by atoms with E-state index in [1.54, 1.807) is 32.9 Å². The third kappa shape index (κ3) is 3.08. The van der Waals surface area contributed by atoms with Crippen molar-refractivity contribution in [3.05, 3.63) is 66.5 Å². The molecule has 0 unspecified atom stereocenters. The minimum absolute atomic E-state index is 0.0403. The van der Waals surface area contributed by atoms with Crippen molar-refractivity contribution < 1.29 is 9.21 Å². The first-order valence-corrected chi connectivity index (χ1v) is 9.01. The molecular formula is C19H22N4O5. The molecule has 148 valence electrons. The molecule has 3 rings (SSSR count). The number of furan rings is 1. The van der Waals surface area contributed by atoms with Crippen molar-refractivity contribution in [3.8, 4) is 0 Å². The predicted molar refractivity (Wildman–Crippen MR) is 104 cm³/mol. The Bertz CT molecular complexity index is 1240. The number of amides is 1. The normalized spacial score (nSPS) is 11.1. The van der Waals surface area contributed by atoms with E-state index in [0.29, 0.717) is 11.5 Å². The SMILES string of the molecule is CCn1c(=O)c2c(C(=O)NCc3ccc(C)o3)cc(=O)n(CC)c2n(C)c1=O. The van der Waals surface area contributed by atoms with Gasteiger partial charge in [0, 0.05) is 26.2 Å². The van der Waals surface area contributed by atoms with Gasteiger partial charge in [-0.05, 0) is 32.9 Å². The molecule has 3 heterocycles. The molecule has 0 aliphatic rings. The van der Waals surface area contributed by atoms with Gasteiger partial charge < -0.3 is 9.73 Å². The van der Waals surface area contributed by atoms with Gasteiger partial charge >= 0.3 is 5.69 Å². The number of fused-ring (bicyclic) bond motifs is 1. The van der Waals surface area contributed by atoms with Crippen LogP contribution < -0.4 is 22.1 Å². The smallest absolute Gasteiger partial charge is 0.332 e. The molecule has 9 nitrogen and oxygen atoms in total. The molecule has 0 bridgehead atoms. The van der Waals surface area contributed by atoms with Gasteiger partial charge in [-0.25, -0.2) is 4.79 Å². The maximum Gasteiger partial charge on any atom is 0.332 e. The zero-order chi connectivity index (χ0) is 20.6. The lowest BCUT2D eigenvalue weighted by Crippen LogP contribution is -2.42. The fraction of sp³-hybridized carbons (Fsp3) is 0.368. The van der Waals surface area contributed by atoms with Crippen LogP contribution in [0.5, 0.6) is 0 Å². The standard InChI is InChI=1S/C19H22N4O5/c1-5-22-14(24)9-13(16(25)20-10-12-8-7-11(3)28-12)15-17(22)21(4)19(27)23(6-2)18(15)26/h7-9H,5-6,10H2,1-4H3,(H,20,25). The molecule has 0 saturated carbocycles. The summed E-state index contributed by atoms with van der Waals surface area (Å²) in [7, 11) is 1.48. The van der Waals surface area contributed by atoms with Crippen LogP contribution in [0.3, 0.4) is 0 Å². The second-order valence-electron chi connectivity index (χ2n) is 6.43. The zero-order valence-electron chi connectivity index (χ0n) is 16.2. The minimum atomic E-state index is -0.596. The molecule has 0 fully saturated rings. The first-order valence-electron chi connectivity index (χ1n) is 9.01. The molecule has 0 aliphatic carbocycles. The van der Waals surface area contributed by atoms with E-state index in [1.165, 1.54) is 16.2 Å². The van der Waals surface area contributed by atoms with Crippen molar-refractivity contribution in [2.45, 2.75) is 40.4 Å². The van der Waals surface area contributed by atoms with Crippen molar-refractivity contribution in [3.63, 3.8) is 0 Å². The second kappa shape index (κ2) is 7.34. The fourth-order valence-corrected chi connectivity index (χ4v) is 3.29. The maximum atomic E-state index is 13.0. The lowest BCUT2D eigenvalue weighted by Gasteiger charge is -2.16. The van der Waals surface area contributed by atoms with Crippen LogP contribution in [0.15, 0.2) is 37.0 Å². The van der Waals surface area contributed by atoms with Gasteiger partial charge in [0.2, 0.25) is 0 Å².